The summed E-state index contributed by atoms with van der Waals surface area (Å²) in [5.74, 6) is -3.90. The van der Waals surface area contributed by atoms with Crippen LogP contribution < -0.4 is 16.6 Å². The van der Waals surface area contributed by atoms with Crippen LogP contribution >= 0.6 is 7.82 Å². The molecule has 1 aromatic rings. The van der Waals surface area contributed by atoms with Crippen LogP contribution in [-0.4, -0.2) is 106 Å². The van der Waals surface area contributed by atoms with Gasteiger partial charge in [0.1, 0.15) is 31.5 Å². The van der Waals surface area contributed by atoms with Crippen LogP contribution in [0.2, 0.25) is 0 Å². The smallest absolute Gasteiger partial charge is 0.463 e. The predicted molar refractivity (Wildman–Crippen MR) is 282 cm³/mol. The van der Waals surface area contributed by atoms with Gasteiger partial charge in [-0.2, -0.15) is 4.39 Å². The highest BCUT2D eigenvalue weighted by Crippen LogP contribution is 2.43. The van der Waals surface area contributed by atoms with E-state index >= 15 is 0 Å². The van der Waals surface area contributed by atoms with Gasteiger partial charge in [0.2, 0.25) is 11.7 Å². The number of aromatic nitrogens is 2. The van der Waals surface area contributed by atoms with Crippen molar-refractivity contribution >= 4 is 31.6 Å². The molecule has 2 heterocycles. The van der Waals surface area contributed by atoms with E-state index in [1.54, 1.807) is 4.98 Å². The maximum Gasteiger partial charge on any atom is 0.472 e. The van der Waals surface area contributed by atoms with Crippen molar-refractivity contribution in [3.05, 3.63) is 32.9 Å². The van der Waals surface area contributed by atoms with Gasteiger partial charge in [-0.15, -0.1) is 0 Å². The van der Waals surface area contributed by atoms with Gasteiger partial charge in [0.05, 0.1) is 25.8 Å². The van der Waals surface area contributed by atoms with E-state index in [0.29, 0.717) is 23.6 Å². The molecule has 0 bridgehead atoms. The summed E-state index contributed by atoms with van der Waals surface area (Å²) in [6.45, 7) is 2.15. The Bertz CT molecular complexity index is 1870. The molecular weight excluding hydrogens is 997 g/mol. The minimum Gasteiger partial charge on any atom is -0.463 e. The largest absolute Gasteiger partial charge is 0.472 e. The molecule has 434 valence electrons. The Morgan fingerprint density at radius 1 is 0.640 bits per heavy atom. The minimum absolute atomic E-state index is 0.126. The number of H-pyrrole nitrogens is 1. The fraction of sp³-hybridized carbons (Fsp3) is 0.852. The van der Waals surface area contributed by atoms with Crippen LogP contribution in [0.1, 0.15) is 238 Å². The molecule has 1 amide bonds. The molecule has 75 heavy (non-hydrogen) atoms. The molecule has 21 heteroatoms. The maximum atomic E-state index is 13.8. The van der Waals surface area contributed by atoms with Gasteiger partial charge in [-0.05, 0) is 12.8 Å². The first kappa shape index (κ1) is 67.6. The van der Waals surface area contributed by atoms with Crippen LogP contribution in [0.4, 0.5) is 4.39 Å². The highest BCUT2D eigenvalue weighted by Gasteiger charge is 2.45. The van der Waals surface area contributed by atoms with E-state index in [-0.39, 0.29) is 32.4 Å². The number of carbonyl (C=O) groups is 4. The lowest BCUT2D eigenvalue weighted by Gasteiger charge is -2.20. The molecule has 0 spiro atoms. The van der Waals surface area contributed by atoms with Crippen LogP contribution in [0, 0.1) is 5.82 Å². The topological polar surface area (TPSA) is 268 Å². The quantitative estimate of drug-likeness (QED) is 0.0176. The number of unbranched alkanes of at least 4 members (excludes halogenated alkanes) is 28. The molecule has 5 N–H and O–H groups in total. The van der Waals surface area contributed by atoms with E-state index in [4.69, 9.17) is 28.0 Å². The number of ether oxygens (including phenoxy) is 4. The van der Waals surface area contributed by atoms with Gasteiger partial charge in [0, 0.05) is 25.8 Å². The molecule has 0 radical (unpaired) electrons. The average molecular weight is 1090 g/mol. The van der Waals surface area contributed by atoms with Gasteiger partial charge in [-0.3, -0.25) is 42.6 Å². The molecule has 1 fully saturated rings. The zero-order valence-corrected chi connectivity index (χ0v) is 46.4. The van der Waals surface area contributed by atoms with Crippen molar-refractivity contribution in [1.82, 2.24) is 14.9 Å². The van der Waals surface area contributed by atoms with E-state index in [0.717, 1.165) is 38.5 Å². The van der Waals surface area contributed by atoms with Crippen LogP contribution in [0.3, 0.4) is 0 Å². The van der Waals surface area contributed by atoms with Crippen molar-refractivity contribution in [2.75, 3.05) is 33.0 Å². The summed E-state index contributed by atoms with van der Waals surface area (Å²) < 4.78 is 58.6. The summed E-state index contributed by atoms with van der Waals surface area (Å²) in [6, 6.07) is 0. The van der Waals surface area contributed by atoms with Crippen LogP contribution in [0.15, 0.2) is 15.8 Å². The zero-order valence-electron chi connectivity index (χ0n) is 45.5. The van der Waals surface area contributed by atoms with Crippen LogP contribution in [0.25, 0.3) is 0 Å². The zero-order chi connectivity index (χ0) is 54.9. The second kappa shape index (κ2) is 42.5. The highest BCUT2D eigenvalue weighted by molar-refractivity contribution is 7.47. The van der Waals surface area contributed by atoms with E-state index in [2.05, 4.69) is 19.2 Å². The third-order valence-corrected chi connectivity index (χ3v) is 14.3. The first-order valence-electron chi connectivity index (χ1n) is 28.6. The van der Waals surface area contributed by atoms with Gasteiger partial charge in [0.25, 0.3) is 5.56 Å². The third-order valence-electron chi connectivity index (χ3n) is 13.3. The molecule has 1 aromatic heterocycles. The number of rotatable bonds is 48. The van der Waals surface area contributed by atoms with E-state index < -0.39 is 106 Å². The lowest BCUT2D eigenvalue weighted by molar-refractivity contribution is -0.161. The van der Waals surface area contributed by atoms with Crippen molar-refractivity contribution in [2.24, 2.45) is 0 Å². The molecule has 0 saturated carbocycles. The van der Waals surface area contributed by atoms with Crippen molar-refractivity contribution in [3.63, 3.8) is 0 Å². The summed E-state index contributed by atoms with van der Waals surface area (Å²) in [5, 5.41) is 23.1. The highest BCUT2D eigenvalue weighted by atomic mass is 31.2. The number of esters is 3. The van der Waals surface area contributed by atoms with Crippen LogP contribution in [0.5, 0.6) is 0 Å². The number of hydrogen-bond donors (Lipinski definition) is 5. The summed E-state index contributed by atoms with van der Waals surface area (Å²) in [7, 11) is -4.75. The number of nitrogens with zero attached hydrogens (tertiary/aromatic N) is 1. The van der Waals surface area contributed by atoms with Crippen molar-refractivity contribution in [2.45, 2.75) is 263 Å². The molecule has 0 aromatic carbocycles. The summed E-state index contributed by atoms with van der Waals surface area (Å²) in [6.07, 6.45) is 28.2. The SMILES string of the molecule is CCCCCCCCCCCCCCCCCC(=O)OC[C@H](COP(=O)(O)OCCNC(=O)CCC(=O)OC[C@H]1O[C@@H](n2cc(F)c(=O)[nH]c2=O)[C@@H](O)C1O)OC(=O)CCCCCCCCCCCCCCCCC. The molecule has 1 aliphatic rings. The number of aliphatic hydroxyl groups is 2. The Hall–Kier alpha value is -3.52. The fourth-order valence-corrected chi connectivity index (χ4v) is 9.52. The number of phosphoric acid groups is 1. The molecule has 2 rings (SSSR count). The second-order valence-corrected chi connectivity index (χ2v) is 21.5. The molecule has 1 saturated heterocycles. The summed E-state index contributed by atoms with van der Waals surface area (Å²) in [5.41, 5.74) is -2.39. The molecule has 19 nitrogen and oxygen atoms in total. The Kier molecular flexibility index (Phi) is 38.3. The van der Waals surface area contributed by atoms with Gasteiger partial charge < -0.3 is 39.4 Å². The van der Waals surface area contributed by atoms with Crippen molar-refractivity contribution in [1.29, 1.82) is 0 Å². The van der Waals surface area contributed by atoms with Gasteiger partial charge in [0.15, 0.2) is 12.3 Å². The number of carbonyl (C=O) groups excluding carboxylic acids is 4. The number of aliphatic hydroxyl groups excluding tert-OH is 2. The van der Waals surface area contributed by atoms with Gasteiger partial charge in [-0.25, -0.2) is 9.36 Å². The van der Waals surface area contributed by atoms with E-state index in [9.17, 15) is 52.8 Å². The lowest BCUT2D eigenvalue weighted by atomic mass is 10.0. The van der Waals surface area contributed by atoms with Crippen molar-refractivity contribution < 1.29 is 71.2 Å². The van der Waals surface area contributed by atoms with Gasteiger partial charge in [-0.1, -0.05) is 194 Å². The number of halogens is 1. The first-order chi connectivity index (χ1) is 36.2. The molecule has 1 aliphatic heterocycles. The number of phosphoric ester groups is 1. The van der Waals surface area contributed by atoms with E-state index in [1.165, 1.54) is 141 Å². The summed E-state index contributed by atoms with van der Waals surface area (Å²) in [4.78, 5) is 85.7. The fourth-order valence-electron chi connectivity index (χ4n) is 8.76. The second-order valence-electron chi connectivity index (χ2n) is 20.0. The van der Waals surface area contributed by atoms with Crippen LogP contribution in [-0.2, 0) is 51.7 Å². The monoisotopic (exact) mass is 1090 g/mol. The number of amides is 1. The predicted octanol–water partition coefficient (Wildman–Crippen LogP) is 9.85. The number of hydrogen-bond acceptors (Lipinski definition) is 15. The number of aromatic amines is 1. The van der Waals surface area contributed by atoms with E-state index in [1.807, 2.05) is 0 Å². The minimum atomic E-state index is -4.75. The number of nitrogens with one attached hydrogen (secondary N) is 2. The molecular formula is C54H95FN3O16P. The normalized spacial score (nSPS) is 17.6. The Balaban J connectivity index is 1.70. The standard InChI is InChI=1S/C54H95FN3O16P/c1-3-5-7-9-11-13-15-17-19-21-23-25-27-29-31-33-47(60)69-40-43(73-49(62)34-32-30-28-26-24-22-20-18-16-14-12-10-8-6-4-2)41-72-75(67,68)71-38-37-56-46(59)35-36-48(61)70-42-45-50(63)51(64)53(74-45)58-39-44(55)52(65)57-54(58)66/h39,43,45,50-51,53,63-64H,3-38,40-42H2,1-2H3,(H,56,59)(H,67,68)(H,57,65,66)/t43-,45-,50?,51+,53-/m1/s1. The van der Waals surface area contributed by atoms with Crippen molar-refractivity contribution in [3.8, 4) is 0 Å². The molecule has 6 atom stereocenters. The molecule has 0 aliphatic carbocycles. The maximum absolute atomic E-state index is 13.8. The molecule has 2 unspecified atom stereocenters. The first-order valence-corrected chi connectivity index (χ1v) is 30.1. The Labute approximate surface area is 445 Å². The Morgan fingerprint density at radius 2 is 1.09 bits per heavy atom. The Morgan fingerprint density at radius 3 is 1.59 bits per heavy atom. The van der Waals surface area contributed by atoms with Gasteiger partial charge >= 0.3 is 31.4 Å². The third kappa shape index (κ3) is 33.4. The summed E-state index contributed by atoms with van der Waals surface area (Å²) >= 11 is 0. The average Bonchev–Trinajstić information content (AvgIpc) is 3.66. The lowest BCUT2D eigenvalue weighted by Crippen LogP contribution is -2.38.